The number of rotatable bonds is 3. The van der Waals surface area contributed by atoms with Crippen LogP contribution in [0.15, 0.2) is 18.3 Å². The maximum absolute atomic E-state index is 12.6. The number of ether oxygens (including phenoxy) is 1. The number of aromatic nitrogens is 1. The smallest absolute Gasteiger partial charge is 0.379 e. The number of halogens is 3. The van der Waals surface area contributed by atoms with E-state index < -0.39 is 11.7 Å². The summed E-state index contributed by atoms with van der Waals surface area (Å²) in [7, 11) is 0. The van der Waals surface area contributed by atoms with Crippen molar-refractivity contribution in [2.24, 2.45) is 5.92 Å². The predicted octanol–water partition coefficient (Wildman–Crippen LogP) is 2.26. The third kappa shape index (κ3) is 3.70. The summed E-state index contributed by atoms with van der Waals surface area (Å²) in [4.78, 5) is 8.46. The van der Waals surface area contributed by atoms with Crippen LogP contribution >= 0.6 is 0 Å². The van der Waals surface area contributed by atoms with Crippen LogP contribution in [0.25, 0.3) is 0 Å². The van der Waals surface area contributed by atoms with Crippen molar-refractivity contribution in [2.75, 3.05) is 50.8 Å². The second-order valence-corrected chi connectivity index (χ2v) is 5.92. The standard InChI is InChI=1S/C15H20F3N3O/c16-15(17,18)13-1-2-14(19-9-13)21-4-3-12(11-21)10-20-5-7-22-8-6-20/h1-2,9,12H,3-8,10-11H2/t12-/m0/s1. The lowest BCUT2D eigenvalue weighted by atomic mass is 10.1. The van der Waals surface area contributed by atoms with E-state index in [1.165, 1.54) is 6.07 Å². The molecule has 122 valence electrons. The van der Waals surface area contributed by atoms with Gasteiger partial charge in [-0.05, 0) is 24.5 Å². The topological polar surface area (TPSA) is 28.6 Å². The van der Waals surface area contributed by atoms with Crippen LogP contribution in [0.3, 0.4) is 0 Å². The lowest BCUT2D eigenvalue weighted by molar-refractivity contribution is -0.137. The zero-order chi connectivity index (χ0) is 15.6. The third-order valence-corrected chi connectivity index (χ3v) is 4.31. The van der Waals surface area contributed by atoms with E-state index >= 15 is 0 Å². The van der Waals surface area contributed by atoms with Gasteiger partial charge in [-0.15, -0.1) is 0 Å². The molecule has 1 aromatic rings. The number of morpholine rings is 1. The Morgan fingerprint density at radius 2 is 1.95 bits per heavy atom. The van der Waals surface area contributed by atoms with Crippen molar-refractivity contribution in [3.8, 4) is 0 Å². The molecule has 1 atom stereocenters. The molecular weight excluding hydrogens is 295 g/mol. The van der Waals surface area contributed by atoms with Crippen LogP contribution in [0.5, 0.6) is 0 Å². The Labute approximate surface area is 127 Å². The van der Waals surface area contributed by atoms with E-state index in [0.717, 1.165) is 64.6 Å². The van der Waals surface area contributed by atoms with E-state index in [9.17, 15) is 13.2 Å². The molecule has 1 aromatic heterocycles. The number of pyridine rings is 1. The molecular formula is C15H20F3N3O. The highest BCUT2D eigenvalue weighted by molar-refractivity contribution is 5.41. The molecule has 0 aromatic carbocycles. The molecule has 3 rings (SSSR count). The molecule has 0 N–H and O–H groups in total. The highest BCUT2D eigenvalue weighted by Gasteiger charge is 2.31. The van der Waals surface area contributed by atoms with Crippen LogP contribution in [-0.4, -0.2) is 55.8 Å². The highest BCUT2D eigenvalue weighted by atomic mass is 19.4. The van der Waals surface area contributed by atoms with Crippen molar-refractivity contribution in [2.45, 2.75) is 12.6 Å². The normalized spacial score (nSPS) is 24.0. The average molecular weight is 315 g/mol. The Balaban J connectivity index is 1.55. The molecule has 0 bridgehead atoms. The summed E-state index contributed by atoms with van der Waals surface area (Å²) in [6.07, 6.45) is -2.35. The number of anilines is 1. The molecule has 0 spiro atoms. The molecule has 0 saturated carbocycles. The van der Waals surface area contributed by atoms with Crippen LogP contribution < -0.4 is 4.90 Å². The summed E-state index contributed by atoms with van der Waals surface area (Å²) in [5, 5.41) is 0. The Morgan fingerprint density at radius 3 is 2.59 bits per heavy atom. The zero-order valence-corrected chi connectivity index (χ0v) is 12.4. The fraction of sp³-hybridized carbons (Fsp3) is 0.667. The molecule has 4 nitrogen and oxygen atoms in total. The van der Waals surface area contributed by atoms with E-state index in [2.05, 4.69) is 14.8 Å². The molecule has 2 fully saturated rings. The summed E-state index contributed by atoms with van der Waals surface area (Å²) >= 11 is 0. The lowest BCUT2D eigenvalue weighted by Gasteiger charge is -2.29. The van der Waals surface area contributed by atoms with Gasteiger partial charge in [0.15, 0.2) is 0 Å². The van der Waals surface area contributed by atoms with Crippen molar-refractivity contribution >= 4 is 5.82 Å². The summed E-state index contributed by atoms with van der Waals surface area (Å²) in [5.41, 5.74) is -0.694. The van der Waals surface area contributed by atoms with Gasteiger partial charge in [0.25, 0.3) is 0 Å². The SMILES string of the molecule is FC(F)(F)c1ccc(N2CC[C@@H](CN3CCOCC3)C2)nc1. The summed E-state index contributed by atoms with van der Waals surface area (Å²) in [6.45, 7) is 6.25. The van der Waals surface area contributed by atoms with Crippen molar-refractivity contribution in [1.82, 2.24) is 9.88 Å². The number of nitrogens with zero attached hydrogens (tertiary/aromatic N) is 3. The predicted molar refractivity (Wildman–Crippen MR) is 76.8 cm³/mol. The number of hydrogen-bond donors (Lipinski definition) is 0. The Bertz CT molecular complexity index is 486. The van der Waals surface area contributed by atoms with Gasteiger partial charge in [0.2, 0.25) is 0 Å². The monoisotopic (exact) mass is 315 g/mol. The van der Waals surface area contributed by atoms with Crippen molar-refractivity contribution in [3.63, 3.8) is 0 Å². The molecule has 3 heterocycles. The second kappa shape index (κ2) is 6.42. The van der Waals surface area contributed by atoms with Gasteiger partial charge in [-0.25, -0.2) is 4.98 Å². The van der Waals surface area contributed by atoms with E-state index in [-0.39, 0.29) is 0 Å². The lowest BCUT2D eigenvalue weighted by Crippen LogP contribution is -2.39. The molecule has 0 aliphatic carbocycles. The molecule has 2 aliphatic heterocycles. The Kier molecular flexibility index (Phi) is 4.54. The third-order valence-electron chi connectivity index (χ3n) is 4.31. The fourth-order valence-electron chi connectivity index (χ4n) is 3.08. The average Bonchev–Trinajstić information content (AvgIpc) is 2.96. The highest BCUT2D eigenvalue weighted by Crippen LogP contribution is 2.30. The quantitative estimate of drug-likeness (QED) is 0.855. The molecule has 0 radical (unpaired) electrons. The maximum atomic E-state index is 12.6. The largest absolute Gasteiger partial charge is 0.417 e. The molecule has 2 aliphatic rings. The Hall–Kier alpha value is -1.34. The summed E-state index contributed by atoms with van der Waals surface area (Å²) in [5.74, 6) is 1.18. The first kappa shape index (κ1) is 15.6. The van der Waals surface area contributed by atoms with Gasteiger partial charge >= 0.3 is 6.18 Å². The first-order chi connectivity index (χ1) is 10.5. The molecule has 22 heavy (non-hydrogen) atoms. The molecule has 7 heteroatoms. The van der Waals surface area contributed by atoms with Gasteiger partial charge in [0.1, 0.15) is 5.82 Å². The number of hydrogen-bond acceptors (Lipinski definition) is 4. The van der Waals surface area contributed by atoms with Gasteiger partial charge in [-0.3, -0.25) is 4.90 Å². The minimum Gasteiger partial charge on any atom is -0.379 e. The van der Waals surface area contributed by atoms with Gasteiger partial charge < -0.3 is 9.64 Å². The van der Waals surface area contributed by atoms with Crippen LogP contribution in [0.1, 0.15) is 12.0 Å². The van der Waals surface area contributed by atoms with Crippen molar-refractivity contribution in [1.29, 1.82) is 0 Å². The van der Waals surface area contributed by atoms with Gasteiger partial charge in [0, 0.05) is 38.9 Å². The van der Waals surface area contributed by atoms with Crippen molar-refractivity contribution < 1.29 is 17.9 Å². The first-order valence-electron chi connectivity index (χ1n) is 7.60. The van der Waals surface area contributed by atoms with Crippen LogP contribution in [0.4, 0.5) is 19.0 Å². The van der Waals surface area contributed by atoms with Gasteiger partial charge in [-0.1, -0.05) is 0 Å². The van der Waals surface area contributed by atoms with Crippen LogP contribution in [0, 0.1) is 5.92 Å². The summed E-state index contributed by atoms with van der Waals surface area (Å²) < 4.78 is 43.0. The second-order valence-electron chi connectivity index (χ2n) is 5.92. The fourth-order valence-corrected chi connectivity index (χ4v) is 3.08. The Morgan fingerprint density at radius 1 is 1.18 bits per heavy atom. The molecule has 0 unspecified atom stereocenters. The van der Waals surface area contributed by atoms with Crippen molar-refractivity contribution in [3.05, 3.63) is 23.9 Å². The molecule has 0 amide bonds. The van der Waals surface area contributed by atoms with Gasteiger partial charge in [-0.2, -0.15) is 13.2 Å². The summed E-state index contributed by atoms with van der Waals surface area (Å²) in [6, 6.07) is 2.58. The first-order valence-corrected chi connectivity index (χ1v) is 7.60. The maximum Gasteiger partial charge on any atom is 0.417 e. The van der Waals surface area contributed by atoms with Crippen LogP contribution in [0.2, 0.25) is 0 Å². The van der Waals surface area contributed by atoms with E-state index in [1.54, 1.807) is 0 Å². The number of alkyl halides is 3. The minimum atomic E-state index is -4.32. The minimum absolute atomic E-state index is 0.544. The van der Waals surface area contributed by atoms with E-state index in [1.807, 2.05) is 0 Å². The van der Waals surface area contributed by atoms with E-state index in [0.29, 0.717) is 11.7 Å². The molecule has 2 saturated heterocycles. The van der Waals surface area contributed by atoms with Gasteiger partial charge in [0.05, 0.1) is 18.8 Å². The van der Waals surface area contributed by atoms with E-state index in [4.69, 9.17) is 4.74 Å². The zero-order valence-electron chi connectivity index (χ0n) is 12.4. The van der Waals surface area contributed by atoms with Crippen LogP contribution in [-0.2, 0) is 10.9 Å².